The Morgan fingerprint density at radius 3 is 2.65 bits per heavy atom. The Hall–Kier alpha value is -1.54. The van der Waals surface area contributed by atoms with Gasteiger partial charge in [0.1, 0.15) is 11.9 Å². The first-order valence-corrected chi connectivity index (χ1v) is 7.61. The summed E-state index contributed by atoms with van der Waals surface area (Å²) in [6.07, 6.45) is 1.50. The number of ether oxygens (including phenoxy) is 1. The lowest BCUT2D eigenvalue weighted by molar-refractivity contribution is 0.0990. The molecule has 0 aliphatic carbocycles. The SMILES string of the molecule is CC(C)[C@H](Oc1cccc2ccccc12)[C@@H]1CCNC1. The number of hydrogen-bond acceptors (Lipinski definition) is 2. The smallest absolute Gasteiger partial charge is 0.127 e. The van der Waals surface area contributed by atoms with Crippen molar-refractivity contribution in [3.05, 3.63) is 42.5 Å². The molecule has 2 heteroatoms. The molecule has 106 valence electrons. The Balaban J connectivity index is 1.90. The summed E-state index contributed by atoms with van der Waals surface area (Å²) in [6, 6.07) is 14.8. The molecule has 1 fully saturated rings. The molecular formula is C18H23NO. The van der Waals surface area contributed by atoms with E-state index in [1.54, 1.807) is 0 Å². The molecule has 0 unspecified atom stereocenters. The highest BCUT2D eigenvalue weighted by Crippen LogP contribution is 2.30. The van der Waals surface area contributed by atoms with Crippen LogP contribution in [0.1, 0.15) is 20.3 Å². The van der Waals surface area contributed by atoms with E-state index in [0.717, 1.165) is 18.8 Å². The van der Waals surface area contributed by atoms with Crippen LogP contribution in [-0.4, -0.2) is 19.2 Å². The quantitative estimate of drug-likeness (QED) is 0.910. The molecule has 1 saturated heterocycles. The Labute approximate surface area is 121 Å². The Kier molecular flexibility index (Phi) is 3.93. The van der Waals surface area contributed by atoms with Gasteiger partial charge in [0.25, 0.3) is 0 Å². The van der Waals surface area contributed by atoms with Gasteiger partial charge in [-0.2, -0.15) is 0 Å². The maximum atomic E-state index is 6.43. The van der Waals surface area contributed by atoms with Gasteiger partial charge in [-0.1, -0.05) is 50.2 Å². The van der Waals surface area contributed by atoms with Crippen molar-refractivity contribution in [2.24, 2.45) is 11.8 Å². The van der Waals surface area contributed by atoms with Gasteiger partial charge in [-0.25, -0.2) is 0 Å². The Morgan fingerprint density at radius 2 is 1.90 bits per heavy atom. The molecule has 0 saturated carbocycles. The highest BCUT2D eigenvalue weighted by Gasteiger charge is 2.29. The summed E-state index contributed by atoms with van der Waals surface area (Å²) >= 11 is 0. The van der Waals surface area contributed by atoms with Crippen LogP contribution in [0.4, 0.5) is 0 Å². The van der Waals surface area contributed by atoms with E-state index in [2.05, 4.69) is 61.6 Å². The minimum atomic E-state index is 0.288. The van der Waals surface area contributed by atoms with Gasteiger partial charge in [0, 0.05) is 17.8 Å². The van der Waals surface area contributed by atoms with Crippen molar-refractivity contribution in [1.82, 2.24) is 5.32 Å². The molecule has 1 aliphatic rings. The average molecular weight is 269 g/mol. The summed E-state index contributed by atoms with van der Waals surface area (Å²) < 4.78 is 6.43. The molecule has 2 atom stereocenters. The second-order valence-corrected chi connectivity index (χ2v) is 6.06. The van der Waals surface area contributed by atoms with Gasteiger partial charge in [0.2, 0.25) is 0 Å². The van der Waals surface area contributed by atoms with Gasteiger partial charge in [-0.15, -0.1) is 0 Å². The van der Waals surface area contributed by atoms with Crippen molar-refractivity contribution < 1.29 is 4.74 Å². The molecule has 2 aromatic carbocycles. The molecule has 1 aliphatic heterocycles. The Bertz CT molecular complexity index is 567. The average Bonchev–Trinajstić information content (AvgIpc) is 2.98. The van der Waals surface area contributed by atoms with Crippen molar-refractivity contribution in [3.63, 3.8) is 0 Å². The first kappa shape index (κ1) is 13.4. The van der Waals surface area contributed by atoms with Crippen LogP contribution >= 0.6 is 0 Å². The highest BCUT2D eigenvalue weighted by molar-refractivity contribution is 5.88. The number of rotatable bonds is 4. The van der Waals surface area contributed by atoms with E-state index in [1.807, 2.05) is 0 Å². The van der Waals surface area contributed by atoms with Gasteiger partial charge in [0.05, 0.1) is 0 Å². The maximum absolute atomic E-state index is 6.43. The van der Waals surface area contributed by atoms with E-state index in [4.69, 9.17) is 4.74 Å². The van der Waals surface area contributed by atoms with Gasteiger partial charge < -0.3 is 10.1 Å². The summed E-state index contributed by atoms with van der Waals surface area (Å²) in [4.78, 5) is 0. The van der Waals surface area contributed by atoms with Gasteiger partial charge in [0.15, 0.2) is 0 Å². The number of hydrogen-bond donors (Lipinski definition) is 1. The predicted octanol–water partition coefficient (Wildman–Crippen LogP) is 3.85. The monoisotopic (exact) mass is 269 g/mol. The van der Waals surface area contributed by atoms with E-state index < -0.39 is 0 Å². The van der Waals surface area contributed by atoms with Gasteiger partial charge >= 0.3 is 0 Å². The zero-order chi connectivity index (χ0) is 13.9. The van der Waals surface area contributed by atoms with Crippen LogP contribution in [0, 0.1) is 11.8 Å². The molecule has 20 heavy (non-hydrogen) atoms. The third kappa shape index (κ3) is 2.66. The molecule has 0 radical (unpaired) electrons. The largest absolute Gasteiger partial charge is 0.489 e. The molecule has 0 bridgehead atoms. The van der Waals surface area contributed by atoms with Crippen LogP contribution in [-0.2, 0) is 0 Å². The minimum Gasteiger partial charge on any atom is -0.489 e. The van der Waals surface area contributed by atoms with E-state index in [1.165, 1.54) is 17.2 Å². The van der Waals surface area contributed by atoms with Crippen molar-refractivity contribution in [2.45, 2.75) is 26.4 Å². The number of fused-ring (bicyclic) bond motifs is 1. The molecule has 0 amide bonds. The van der Waals surface area contributed by atoms with E-state index in [9.17, 15) is 0 Å². The van der Waals surface area contributed by atoms with Crippen LogP contribution in [0.5, 0.6) is 5.75 Å². The predicted molar refractivity (Wildman–Crippen MR) is 84.2 cm³/mol. The molecule has 0 spiro atoms. The lowest BCUT2D eigenvalue weighted by Gasteiger charge is -2.28. The number of benzene rings is 2. The summed E-state index contributed by atoms with van der Waals surface area (Å²) in [5.41, 5.74) is 0. The normalized spacial score (nSPS) is 20.4. The van der Waals surface area contributed by atoms with E-state index in [-0.39, 0.29) is 6.10 Å². The fraction of sp³-hybridized carbons (Fsp3) is 0.444. The zero-order valence-electron chi connectivity index (χ0n) is 12.3. The molecular weight excluding hydrogens is 246 g/mol. The van der Waals surface area contributed by atoms with Gasteiger partial charge in [-0.3, -0.25) is 0 Å². The van der Waals surface area contributed by atoms with Crippen LogP contribution in [0.3, 0.4) is 0 Å². The molecule has 3 rings (SSSR count). The molecule has 2 aromatic rings. The van der Waals surface area contributed by atoms with Crippen molar-refractivity contribution >= 4 is 10.8 Å². The topological polar surface area (TPSA) is 21.3 Å². The van der Waals surface area contributed by atoms with Crippen LogP contribution < -0.4 is 10.1 Å². The standard InChI is InChI=1S/C18H23NO/c1-13(2)18(15-10-11-19-12-15)20-17-9-5-7-14-6-3-4-8-16(14)17/h3-9,13,15,18-19H,10-12H2,1-2H3/t15-,18+/m1/s1. The van der Waals surface area contributed by atoms with Crippen molar-refractivity contribution in [2.75, 3.05) is 13.1 Å². The fourth-order valence-electron chi connectivity index (χ4n) is 3.18. The summed E-state index contributed by atoms with van der Waals surface area (Å²) in [5.74, 6) is 2.17. The summed E-state index contributed by atoms with van der Waals surface area (Å²) in [5, 5.41) is 5.91. The van der Waals surface area contributed by atoms with Crippen LogP contribution in [0.15, 0.2) is 42.5 Å². The molecule has 0 aromatic heterocycles. The summed E-state index contributed by atoms with van der Waals surface area (Å²) in [6.45, 7) is 6.71. The maximum Gasteiger partial charge on any atom is 0.127 e. The molecule has 1 N–H and O–H groups in total. The molecule has 1 heterocycles. The number of nitrogens with one attached hydrogen (secondary N) is 1. The zero-order valence-corrected chi connectivity index (χ0v) is 12.3. The van der Waals surface area contributed by atoms with Crippen molar-refractivity contribution in [1.29, 1.82) is 0 Å². The lowest BCUT2D eigenvalue weighted by Crippen LogP contribution is -2.33. The lowest BCUT2D eigenvalue weighted by atomic mass is 9.92. The Morgan fingerprint density at radius 1 is 1.10 bits per heavy atom. The second kappa shape index (κ2) is 5.84. The molecule has 2 nitrogen and oxygen atoms in total. The van der Waals surface area contributed by atoms with Crippen LogP contribution in [0.2, 0.25) is 0 Å². The first-order valence-electron chi connectivity index (χ1n) is 7.61. The third-order valence-electron chi connectivity index (χ3n) is 4.23. The third-order valence-corrected chi connectivity index (χ3v) is 4.23. The highest BCUT2D eigenvalue weighted by atomic mass is 16.5. The fourth-order valence-corrected chi connectivity index (χ4v) is 3.18. The second-order valence-electron chi connectivity index (χ2n) is 6.06. The van der Waals surface area contributed by atoms with Crippen molar-refractivity contribution in [3.8, 4) is 5.75 Å². The summed E-state index contributed by atoms with van der Waals surface area (Å²) in [7, 11) is 0. The first-order chi connectivity index (χ1) is 9.75. The van der Waals surface area contributed by atoms with E-state index in [0.29, 0.717) is 11.8 Å². The van der Waals surface area contributed by atoms with Gasteiger partial charge in [-0.05, 0) is 30.3 Å². The minimum absolute atomic E-state index is 0.288. The van der Waals surface area contributed by atoms with Crippen LogP contribution in [0.25, 0.3) is 10.8 Å². The van der Waals surface area contributed by atoms with E-state index >= 15 is 0 Å².